The molecule has 0 spiro atoms. The minimum atomic E-state index is -1.96. The Morgan fingerprint density at radius 1 is 0.609 bits per heavy atom. The van der Waals surface area contributed by atoms with E-state index >= 15 is 0 Å². The van der Waals surface area contributed by atoms with Crippen LogP contribution < -0.4 is 23.7 Å². The number of rotatable bonds is 23. The largest absolute Gasteiger partial charge is 0.504 e. The average molecular weight is 1300 g/mol. The van der Waals surface area contributed by atoms with Gasteiger partial charge in [0.2, 0.25) is 30.4 Å². The van der Waals surface area contributed by atoms with Crippen LogP contribution in [0.4, 0.5) is 0 Å². The average Bonchev–Trinajstić information content (AvgIpc) is 0.782. The third-order valence-corrected chi connectivity index (χ3v) is 14.9. The molecule has 4 fully saturated rings. The van der Waals surface area contributed by atoms with Gasteiger partial charge in [0.25, 0.3) is 0 Å². The number of aromatic hydroxyl groups is 3. The first-order valence-electron chi connectivity index (χ1n) is 28.4. The maximum atomic E-state index is 13.5. The van der Waals surface area contributed by atoms with Crippen molar-refractivity contribution >= 4 is 47.0 Å². The zero-order valence-corrected chi connectivity index (χ0v) is 48.7. The number of phenolic OH excluding ortho intramolecular Hbond substituents is 3. The first-order chi connectivity index (χ1) is 44.0. The molecule has 31 nitrogen and oxygen atoms in total. The molecule has 5 heterocycles. The SMILES string of the molecule is COc1cc(C=CC(=O)O[C@H]2[C@H](O[C@@H]3CC[C@@H](COC(=O)/C=C/c4ccc(O[C@@H]5O[C@H](CO)[C@@H](O)[C@H](O)[C@H]5O)cc4)O[C@H]3Oc3cc4c(O[C@@H]5O[C@H](COC(=O)CC(=O)O)[C@@H](O)[C@H](O)[C@H]5O)cccc4[o+]c3-c3ccc(O)c(O)c3)OC[C@@H](O)[C@@H]2O)cc(OC)c1O. The molecule has 92 heavy (non-hydrogen) atoms. The number of fused-ring (bicyclic) bond motifs is 1. The van der Waals surface area contributed by atoms with E-state index in [0.717, 1.165) is 24.3 Å². The van der Waals surface area contributed by atoms with Crippen molar-refractivity contribution < 1.29 is 152 Å². The summed E-state index contributed by atoms with van der Waals surface area (Å²) in [6.45, 7) is -2.37. The van der Waals surface area contributed by atoms with Gasteiger partial charge in [-0.1, -0.05) is 12.1 Å². The number of hydrogen-bond acceptors (Lipinski definition) is 29. The fourth-order valence-electron chi connectivity index (χ4n) is 9.98. The molecule has 4 saturated heterocycles. The molecular weight excluding hydrogens is 1230 g/mol. The number of ether oxygens (including phenoxy) is 13. The lowest BCUT2D eigenvalue weighted by molar-refractivity contribution is -0.317. The van der Waals surface area contributed by atoms with Gasteiger partial charge in [-0.3, -0.25) is 9.59 Å². The maximum Gasteiger partial charge on any atom is 0.402 e. The first kappa shape index (κ1) is 67.9. The van der Waals surface area contributed by atoms with Crippen LogP contribution in [0.25, 0.3) is 34.4 Å². The van der Waals surface area contributed by atoms with E-state index in [1.165, 1.54) is 93.1 Å². The third-order valence-electron chi connectivity index (χ3n) is 14.9. The van der Waals surface area contributed by atoms with Crippen LogP contribution in [0.5, 0.6) is 46.0 Å². The summed E-state index contributed by atoms with van der Waals surface area (Å²) in [5, 5.41) is 136. The molecule has 17 atom stereocenters. The van der Waals surface area contributed by atoms with Gasteiger partial charge in [-0.25, -0.2) is 14.0 Å². The number of aliphatic carboxylic acids is 1. The summed E-state index contributed by atoms with van der Waals surface area (Å²) < 4.78 is 81.4. The van der Waals surface area contributed by atoms with Gasteiger partial charge < -0.3 is 128 Å². The van der Waals surface area contributed by atoms with Crippen molar-refractivity contribution in [1.82, 2.24) is 0 Å². The first-order valence-corrected chi connectivity index (χ1v) is 28.4. The molecule has 496 valence electrons. The van der Waals surface area contributed by atoms with E-state index in [2.05, 4.69) is 0 Å². The van der Waals surface area contributed by atoms with E-state index in [1.54, 1.807) is 0 Å². The van der Waals surface area contributed by atoms with Gasteiger partial charge in [0, 0.05) is 30.4 Å². The van der Waals surface area contributed by atoms with Crippen LogP contribution >= 0.6 is 0 Å². The molecule has 13 N–H and O–H groups in total. The Hall–Kier alpha value is -8.51. The van der Waals surface area contributed by atoms with E-state index in [1.807, 2.05) is 0 Å². The lowest BCUT2D eigenvalue weighted by atomic mass is 9.99. The summed E-state index contributed by atoms with van der Waals surface area (Å²) in [6, 6.07) is 18.1. The Bertz CT molecular complexity index is 3420. The standard InChI is InChI=1S/C61H66O31/c1-79-39-18-28(19-40(80-2)49(39)72)9-17-46(69)92-57-48(71)35(65)25-83-61(57)88-38-15-13-31(24-81-45(68)16-8-27-6-11-30(12-7-27)84-59-54(77)52(75)50(73)42(23-62)90-59)85-58(38)89-41-21-32-36(86-56(41)29-10-14-33(63)34(64)20-29)4-3-5-37(32)87-60-55(78)53(76)51(74)43(91-60)26-82-47(70)22-44(66)67/h3-12,14,16-21,31,35,38,42-43,48,50-55,57-62,65,71,73-78H,13,15,22-26H2,1-2H3,(H3-,63,64,66,67,69,72)/p+1/b16-8+/t31-,35+,38+,42+,43+,48-,50+,51+,52-,53-,54+,55+,57+,58-,59+,60+,61-/m0/s1. The van der Waals surface area contributed by atoms with Gasteiger partial charge in [0.1, 0.15) is 104 Å². The Balaban J connectivity index is 0.991. The minimum Gasteiger partial charge on any atom is -0.504 e. The van der Waals surface area contributed by atoms with Crippen molar-refractivity contribution in [1.29, 1.82) is 0 Å². The number of aliphatic hydroxyl groups is 9. The number of esters is 3. The highest BCUT2D eigenvalue weighted by atomic mass is 16.8. The number of phenols is 3. The predicted molar refractivity (Wildman–Crippen MR) is 306 cm³/mol. The van der Waals surface area contributed by atoms with Crippen molar-refractivity contribution in [2.45, 2.75) is 124 Å². The predicted octanol–water partition coefficient (Wildman–Crippen LogP) is 0.127. The monoisotopic (exact) mass is 1300 g/mol. The molecule has 0 aliphatic carbocycles. The van der Waals surface area contributed by atoms with Crippen LogP contribution in [0, 0.1) is 0 Å². The molecule has 0 saturated carbocycles. The molecule has 0 unspecified atom stereocenters. The van der Waals surface area contributed by atoms with E-state index < -0.39 is 173 Å². The highest BCUT2D eigenvalue weighted by molar-refractivity contribution is 5.90. The van der Waals surface area contributed by atoms with E-state index in [4.69, 9.17) is 71.1 Å². The van der Waals surface area contributed by atoms with Crippen molar-refractivity contribution in [3.05, 3.63) is 102 Å². The molecule has 0 amide bonds. The lowest BCUT2D eigenvalue weighted by Crippen LogP contribution is -2.60. The minimum absolute atomic E-state index is 0.0183. The van der Waals surface area contributed by atoms with E-state index in [0.29, 0.717) is 11.1 Å². The Morgan fingerprint density at radius 2 is 1.26 bits per heavy atom. The molecule has 5 aromatic rings. The number of benzene rings is 4. The summed E-state index contributed by atoms with van der Waals surface area (Å²) in [6.07, 6.45) is -23.6. The number of carbonyl (C=O) groups is 4. The van der Waals surface area contributed by atoms with Crippen LogP contribution in [-0.4, -0.2) is 235 Å². The van der Waals surface area contributed by atoms with E-state index in [-0.39, 0.29) is 69.6 Å². The van der Waals surface area contributed by atoms with E-state index in [9.17, 15) is 80.5 Å². The van der Waals surface area contributed by atoms with Gasteiger partial charge in [0.15, 0.2) is 35.4 Å². The van der Waals surface area contributed by atoms with Crippen molar-refractivity contribution in [2.75, 3.05) is 40.6 Å². The van der Waals surface area contributed by atoms with Gasteiger partial charge in [0.05, 0.1) is 39.1 Å². The second-order valence-electron chi connectivity index (χ2n) is 21.3. The van der Waals surface area contributed by atoms with Gasteiger partial charge in [-0.2, -0.15) is 0 Å². The van der Waals surface area contributed by atoms with Crippen LogP contribution in [0.3, 0.4) is 0 Å². The quantitative estimate of drug-likeness (QED) is 0.0103. The smallest absolute Gasteiger partial charge is 0.402 e. The number of carboxylic acids is 1. The van der Waals surface area contributed by atoms with Gasteiger partial charge in [-0.15, -0.1) is 0 Å². The second-order valence-corrected chi connectivity index (χ2v) is 21.3. The summed E-state index contributed by atoms with van der Waals surface area (Å²) >= 11 is 0. The second kappa shape index (κ2) is 30.3. The number of carbonyl (C=O) groups excluding carboxylic acids is 3. The summed E-state index contributed by atoms with van der Waals surface area (Å²) in [5.74, 6) is -6.32. The number of hydrogen-bond donors (Lipinski definition) is 13. The van der Waals surface area contributed by atoms with Crippen LogP contribution in [0.2, 0.25) is 0 Å². The van der Waals surface area contributed by atoms with Gasteiger partial charge >= 0.3 is 35.2 Å². The third kappa shape index (κ3) is 16.2. The highest BCUT2D eigenvalue weighted by Crippen LogP contribution is 2.43. The Morgan fingerprint density at radius 3 is 1.93 bits per heavy atom. The molecule has 4 aliphatic heterocycles. The fourth-order valence-corrected chi connectivity index (χ4v) is 9.98. The molecule has 4 aromatic carbocycles. The topological polar surface area (TPSA) is 463 Å². The lowest BCUT2D eigenvalue weighted by Gasteiger charge is -2.41. The van der Waals surface area contributed by atoms with Gasteiger partial charge in [-0.05, 0) is 84.7 Å². The van der Waals surface area contributed by atoms with Crippen molar-refractivity contribution in [2.24, 2.45) is 0 Å². The fraction of sp³-hybridized carbons (Fsp3) is 0.426. The Kier molecular flexibility index (Phi) is 22.3. The normalized spacial score (nSPS) is 29.1. The molecule has 9 rings (SSSR count). The van der Waals surface area contributed by atoms with Crippen LogP contribution in [-0.2, 0) is 57.1 Å². The maximum absolute atomic E-state index is 13.5. The number of methoxy groups -OCH3 is 2. The summed E-state index contributed by atoms with van der Waals surface area (Å²) in [4.78, 5) is 50.0. The zero-order chi connectivity index (χ0) is 66.1. The molecule has 31 heteroatoms. The number of carboxylic acid groups (broad SMARTS) is 1. The van der Waals surface area contributed by atoms with Crippen molar-refractivity contribution in [3.63, 3.8) is 0 Å². The van der Waals surface area contributed by atoms with Crippen LogP contribution in [0.15, 0.2) is 95.4 Å². The Labute approximate surface area is 521 Å². The highest BCUT2D eigenvalue weighted by Gasteiger charge is 2.49. The molecule has 1 aromatic heterocycles. The molecule has 0 bridgehead atoms. The van der Waals surface area contributed by atoms with Crippen LogP contribution in [0.1, 0.15) is 30.4 Å². The molecule has 0 radical (unpaired) electrons. The summed E-state index contributed by atoms with van der Waals surface area (Å²) in [7, 11) is 2.61. The molecular formula is C61H67O31+. The van der Waals surface area contributed by atoms with Crippen molar-refractivity contribution in [3.8, 4) is 57.3 Å². The number of aliphatic hydroxyl groups excluding tert-OH is 9. The zero-order valence-electron chi connectivity index (χ0n) is 48.7. The summed E-state index contributed by atoms with van der Waals surface area (Å²) in [5.41, 5.74) is 0.904. The molecule has 4 aliphatic rings.